The molecule has 8 heteroatoms. The van der Waals surface area contributed by atoms with Gasteiger partial charge in [0.15, 0.2) is 12.4 Å². The molecule has 1 amide bonds. The van der Waals surface area contributed by atoms with Crippen molar-refractivity contribution < 1.29 is 14.3 Å². The van der Waals surface area contributed by atoms with Gasteiger partial charge in [0.05, 0.1) is 19.3 Å². The SMILES string of the molecule is COc1ccc(-n2nnnc2CNC(=O)COc2ccccc2)cc1. The number of methoxy groups -OCH3 is 1. The van der Waals surface area contributed by atoms with Gasteiger partial charge in [0.2, 0.25) is 0 Å². The van der Waals surface area contributed by atoms with Gasteiger partial charge in [-0.2, -0.15) is 4.68 Å². The highest BCUT2D eigenvalue weighted by atomic mass is 16.5. The number of ether oxygens (including phenoxy) is 2. The Morgan fingerprint density at radius 1 is 1.08 bits per heavy atom. The number of carbonyl (C=O) groups is 1. The van der Waals surface area contributed by atoms with E-state index in [1.54, 1.807) is 23.9 Å². The van der Waals surface area contributed by atoms with Crippen molar-refractivity contribution in [2.24, 2.45) is 0 Å². The summed E-state index contributed by atoms with van der Waals surface area (Å²) in [4.78, 5) is 11.9. The van der Waals surface area contributed by atoms with Crippen LogP contribution < -0.4 is 14.8 Å². The van der Waals surface area contributed by atoms with E-state index >= 15 is 0 Å². The first-order valence-corrected chi connectivity index (χ1v) is 7.62. The molecule has 3 aromatic rings. The van der Waals surface area contributed by atoms with E-state index < -0.39 is 0 Å². The average Bonchev–Trinajstić information content (AvgIpc) is 3.14. The highest BCUT2D eigenvalue weighted by Gasteiger charge is 2.10. The number of hydrogen-bond acceptors (Lipinski definition) is 6. The molecule has 128 valence electrons. The Labute approximate surface area is 144 Å². The van der Waals surface area contributed by atoms with Crippen molar-refractivity contribution in [1.82, 2.24) is 25.5 Å². The van der Waals surface area contributed by atoms with Gasteiger partial charge in [-0.3, -0.25) is 4.79 Å². The second-order valence-corrected chi connectivity index (χ2v) is 5.08. The molecule has 0 radical (unpaired) electrons. The van der Waals surface area contributed by atoms with Crippen LogP contribution in [0.1, 0.15) is 5.82 Å². The Kier molecular flexibility index (Phi) is 5.20. The molecule has 0 saturated carbocycles. The number of rotatable bonds is 7. The van der Waals surface area contributed by atoms with Crippen molar-refractivity contribution in [2.45, 2.75) is 6.54 Å². The number of tetrazole rings is 1. The highest BCUT2D eigenvalue weighted by molar-refractivity contribution is 5.77. The van der Waals surface area contributed by atoms with Crippen molar-refractivity contribution in [2.75, 3.05) is 13.7 Å². The lowest BCUT2D eigenvalue weighted by Gasteiger charge is -2.08. The van der Waals surface area contributed by atoms with E-state index in [4.69, 9.17) is 9.47 Å². The fourth-order valence-electron chi connectivity index (χ4n) is 2.13. The molecular formula is C17H17N5O3. The van der Waals surface area contributed by atoms with Crippen LogP contribution in [0.3, 0.4) is 0 Å². The Balaban J connectivity index is 1.56. The first kappa shape index (κ1) is 16.4. The highest BCUT2D eigenvalue weighted by Crippen LogP contribution is 2.14. The molecule has 3 rings (SSSR count). The van der Waals surface area contributed by atoms with Crippen LogP contribution in [0.5, 0.6) is 11.5 Å². The summed E-state index contributed by atoms with van der Waals surface area (Å²) in [5.41, 5.74) is 0.774. The third-order valence-electron chi connectivity index (χ3n) is 3.41. The lowest BCUT2D eigenvalue weighted by Crippen LogP contribution is -2.29. The zero-order valence-electron chi connectivity index (χ0n) is 13.6. The smallest absolute Gasteiger partial charge is 0.258 e. The molecule has 8 nitrogen and oxygen atoms in total. The van der Waals surface area contributed by atoms with Crippen molar-refractivity contribution in [3.05, 3.63) is 60.4 Å². The Bertz CT molecular complexity index is 818. The molecule has 0 spiro atoms. The van der Waals surface area contributed by atoms with Gasteiger partial charge in [0, 0.05) is 0 Å². The fraction of sp³-hybridized carbons (Fsp3) is 0.176. The van der Waals surface area contributed by atoms with Crippen LogP contribution in [-0.4, -0.2) is 39.8 Å². The Morgan fingerprint density at radius 3 is 2.56 bits per heavy atom. The predicted molar refractivity (Wildman–Crippen MR) is 89.5 cm³/mol. The lowest BCUT2D eigenvalue weighted by atomic mass is 10.3. The van der Waals surface area contributed by atoms with Gasteiger partial charge in [-0.1, -0.05) is 18.2 Å². The van der Waals surface area contributed by atoms with E-state index in [9.17, 15) is 4.79 Å². The van der Waals surface area contributed by atoms with Crippen LogP contribution in [0, 0.1) is 0 Å². The molecule has 1 N–H and O–H groups in total. The predicted octanol–water partition coefficient (Wildman–Crippen LogP) is 1.37. The van der Waals surface area contributed by atoms with E-state index in [1.165, 1.54) is 0 Å². The normalized spacial score (nSPS) is 10.3. The molecule has 0 unspecified atom stereocenters. The minimum Gasteiger partial charge on any atom is -0.497 e. The van der Waals surface area contributed by atoms with E-state index in [0.717, 1.165) is 11.4 Å². The summed E-state index contributed by atoms with van der Waals surface area (Å²) in [6, 6.07) is 16.4. The standard InChI is InChI=1S/C17H17N5O3/c1-24-14-9-7-13(8-10-14)22-16(19-20-21-22)11-18-17(23)12-25-15-5-3-2-4-6-15/h2-10H,11-12H2,1H3,(H,18,23). The zero-order chi connectivity index (χ0) is 17.5. The molecule has 0 atom stereocenters. The third-order valence-corrected chi connectivity index (χ3v) is 3.41. The largest absolute Gasteiger partial charge is 0.497 e. The average molecular weight is 339 g/mol. The van der Waals surface area contributed by atoms with Crippen molar-refractivity contribution in [3.63, 3.8) is 0 Å². The maximum Gasteiger partial charge on any atom is 0.258 e. The minimum absolute atomic E-state index is 0.0753. The number of amides is 1. The monoisotopic (exact) mass is 339 g/mol. The van der Waals surface area contributed by atoms with Crippen LogP contribution in [0.4, 0.5) is 0 Å². The van der Waals surface area contributed by atoms with Crippen molar-refractivity contribution in [3.8, 4) is 17.2 Å². The summed E-state index contributed by atoms with van der Waals surface area (Å²) in [6.45, 7) is 0.115. The number of aromatic nitrogens is 4. The molecule has 0 aliphatic rings. The lowest BCUT2D eigenvalue weighted by molar-refractivity contribution is -0.123. The Morgan fingerprint density at radius 2 is 1.84 bits per heavy atom. The summed E-state index contributed by atoms with van der Waals surface area (Å²) >= 11 is 0. The van der Waals surface area contributed by atoms with Crippen molar-refractivity contribution >= 4 is 5.91 Å². The molecule has 0 saturated heterocycles. The summed E-state index contributed by atoms with van der Waals surface area (Å²) in [7, 11) is 1.60. The van der Waals surface area contributed by atoms with Gasteiger partial charge in [-0.15, -0.1) is 5.10 Å². The molecule has 2 aromatic carbocycles. The molecular weight excluding hydrogens is 322 g/mol. The van der Waals surface area contributed by atoms with E-state index in [-0.39, 0.29) is 19.1 Å². The van der Waals surface area contributed by atoms with E-state index in [1.807, 2.05) is 42.5 Å². The molecule has 0 aliphatic carbocycles. The summed E-state index contributed by atoms with van der Waals surface area (Å²) in [6.07, 6.45) is 0. The first-order chi connectivity index (χ1) is 12.3. The van der Waals surface area contributed by atoms with Gasteiger partial charge in [0.25, 0.3) is 5.91 Å². The number of nitrogens with one attached hydrogen (secondary N) is 1. The number of nitrogens with zero attached hydrogens (tertiary/aromatic N) is 4. The minimum atomic E-state index is -0.256. The molecule has 0 fully saturated rings. The third kappa shape index (κ3) is 4.31. The molecule has 0 bridgehead atoms. The fourth-order valence-corrected chi connectivity index (χ4v) is 2.13. The van der Waals surface area contributed by atoms with Crippen LogP contribution in [-0.2, 0) is 11.3 Å². The zero-order valence-corrected chi connectivity index (χ0v) is 13.6. The summed E-state index contributed by atoms with van der Waals surface area (Å²) < 4.78 is 12.1. The van der Waals surface area contributed by atoms with Gasteiger partial charge in [-0.25, -0.2) is 0 Å². The number of benzene rings is 2. The number of para-hydroxylation sites is 1. The second kappa shape index (κ2) is 7.91. The topological polar surface area (TPSA) is 91.2 Å². The molecule has 1 heterocycles. The number of carbonyl (C=O) groups excluding carboxylic acids is 1. The van der Waals surface area contributed by atoms with Crippen molar-refractivity contribution in [1.29, 1.82) is 0 Å². The van der Waals surface area contributed by atoms with Crippen LogP contribution in [0.25, 0.3) is 5.69 Å². The first-order valence-electron chi connectivity index (χ1n) is 7.62. The van der Waals surface area contributed by atoms with Gasteiger partial charge < -0.3 is 14.8 Å². The quantitative estimate of drug-likeness (QED) is 0.699. The van der Waals surface area contributed by atoms with Crippen LogP contribution in [0.2, 0.25) is 0 Å². The van der Waals surface area contributed by atoms with Crippen LogP contribution >= 0.6 is 0 Å². The second-order valence-electron chi connectivity index (χ2n) is 5.08. The molecule has 1 aromatic heterocycles. The summed E-state index contributed by atoms with van der Waals surface area (Å²) in [5, 5.41) is 14.3. The summed E-state index contributed by atoms with van der Waals surface area (Å²) in [5.74, 6) is 1.64. The van der Waals surface area contributed by atoms with Gasteiger partial charge in [-0.05, 0) is 46.8 Å². The van der Waals surface area contributed by atoms with E-state index in [2.05, 4.69) is 20.8 Å². The molecule has 0 aliphatic heterocycles. The Hall–Kier alpha value is -3.42. The van der Waals surface area contributed by atoms with Crippen LogP contribution in [0.15, 0.2) is 54.6 Å². The number of hydrogen-bond donors (Lipinski definition) is 1. The van der Waals surface area contributed by atoms with Gasteiger partial charge >= 0.3 is 0 Å². The van der Waals surface area contributed by atoms with Gasteiger partial charge in [0.1, 0.15) is 11.5 Å². The molecule has 25 heavy (non-hydrogen) atoms. The maximum atomic E-state index is 11.9. The van der Waals surface area contributed by atoms with E-state index in [0.29, 0.717) is 11.6 Å². The maximum absolute atomic E-state index is 11.9.